The first kappa shape index (κ1) is 15.3. The van der Waals surface area contributed by atoms with Crippen molar-refractivity contribution >= 4 is 23.6 Å². The molecule has 0 saturated heterocycles. The third-order valence-corrected chi connectivity index (χ3v) is 3.60. The molecule has 0 radical (unpaired) electrons. The second kappa shape index (κ2) is 6.59. The van der Waals surface area contributed by atoms with Gasteiger partial charge in [-0.1, -0.05) is 23.7 Å². The summed E-state index contributed by atoms with van der Waals surface area (Å²) in [6.07, 6.45) is 3.34. The summed E-state index contributed by atoms with van der Waals surface area (Å²) in [7, 11) is 1.89. The van der Waals surface area contributed by atoms with Gasteiger partial charge in [-0.15, -0.1) is 0 Å². The Bertz CT molecular complexity index is 672. The largest absolute Gasteiger partial charge is 0.348 e. The van der Waals surface area contributed by atoms with E-state index < -0.39 is 0 Å². The number of carbonyl (C=O) groups is 1. The van der Waals surface area contributed by atoms with Crippen LogP contribution in [-0.4, -0.2) is 15.7 Å². The number of hydrogen-bond donors (Lipinski definition) is 1. The van der Waals surface area contributed by atoms with Crippen LogP contribution in [0.3, 0.4) is 0 Å². The lowest BCUT2D eigenvalue weighted by molar-refractivity contribution is -0.116. The molecule has 2 rings (SSSR count). The quantitative estimate of drug-likeness (QED) is 0.883. The molecule has 4 nitrogen and oxygen atoms in total. The normalized spacial score (nSPS) is 11.0. The van der Waals surface area contributed by atoms with E-state index in [0.29, 0.717) is 11.6 Å². The Hall–Kier alpha value is -2.07. The first-order valence-corrected chi connectivity index (χ1v) is 7.05. The highest BCUT2D eigenvalue weighted by atomic mass is 35.5. The van der Waals surface area contributed by atoms with Crippen molar-refractivity contribution in [2.75, 3.05) is 0 Å². The number of halogens is 1. The molecule has 0 unspecified atom stereocenters. The van der Waals surface area contributed by atoms with Crippen molar-refractivity contribution in [3.8, 4) is 0 Å². The first-order valence-electron chi connectivity index (χ1n) is 6.68. The molecule has 1 amide bonds. The highest BCUT2D eigenvalue weighted by Crippen LogP contribution is 2.13. The van der Waals surface area contributed by atoms with E-state index in [4.69, 9.17) is 11.6 Å². The van der Waals surface area contributed by atoms with Crippen LogP contribution in [-0.2, 0) is 18.4 Å². The van der Waals surface area contributed by atoms with Crippen LogP contribution in [0.15, 0.2) is 30.3 Å². The topological polar surface area (TPSA) is 46.9 Å². The molecule has 1 aromatic carbocycles. The minimum absolute atomic E-state index is 0.132. The van der Waals surface area contributed by atoms with Gasteiger partial charge in [-0.2, -0.15) is 5.10 Å². The second-order valence-electron chi connectivity index (χ2n) is 4.89. The zero-order valence-corrected chi connectivity index (χ0v) is 13.1. The van der Waals surface area contributed by atoms with Gasteiger partial charge in [0.2, 0.25) is 5.91 Å². The van der Waals surface area contributed by atoms with E-state index in [9.17, 15) is 4.79 Å². The number of amides is 1. The predicted octanol–water partition coefficient (Wildman–Crippen LogP) is 3.02. The summed E-state index contributed by atoms with van der Waals surface area (Å²) in [5, 5.41) is 7.84. The fraction of sp³-hybridized carbons (Fsp3) is 0.250. The summed E-state index contributed by atoms with van der Waals surface area (Å²) in [5.41, 5.74) is 3.94. The Kier molecular flexibility index (Phi) is 4.81. The van der Waals surface area contributed by atoms with Gasteiger partial charge in [0.1, 0.15) is 0 Å². The van der Waals surface area contributed by atoms with E-state index in [-0.39, 0.29) is 5.91 Å². The molecule has 5 heteroatoms. The number of rotatable bonds is 4. The number of nitrogens with zero attached hydrogens (tertiary/aromatic N) is 2. The van der Waals surface area contributed by atoms with E-state index in [1.165, 1.54) is 6.08 Å². The highest BCUT2D eigenvalue weighted by Gasteiger charge is 2.06. The maximum absolute atomic E-state index is 11.8. The van der Waals surface area contributed by atoms with Gasteiger partial charge in [0.25, 0.3) is 0 Å². The van der Waals surface area contributed by atoms with Crippen LogP contribution in [0.1, 0.15) is 22.5 Å². The Morgan fingerprint density at radius 1 is 1.33 bits per heavy atom. The van der Waals surface area contributed by atoms with Gasteiger partial charge >= 0.3 is 0 Å². The third kappa shape index (κ3) is 3.95. The summed E-state index contributed by atoms with van der Waals surface area (Å²) in [6, 6.07) is 7.39. The molecule has 1 aromatic heterocycles. The van der Waals surface area contributed by atoms with Gasteiger partial charge in [0.05, 0.1) is 5.69 Å². The van der Waals surface area contributed by atoms with Crippen LogP contribution in [0.4, 0.5) is 0 Å². The van der Waals surface area contributed by atoms with E-state index in [1.807, 2.05) is 33.0 Å². The molecule has 0 saturated carbocycles. The van der Waals surface area contributed by atoms with Gasteiger partial charge in [0, 0.05) is 35.9 Å². The van der Waals surface area contributed by atoms with E-state index in [0.717, 1.165) is 22.5 Å². The summed E-state index contributed by atoms with van der Waals surface area (Å²) in [5.74, 6) is -0.132. The van der Waals surface area contributed by atoms with Gasteiger partial charge in [-0.25, -0.2) is 0 Å². The fourth-order valence-electron chi connectivity index (χ4n) is 2.04. The molecule has 0 bridgehead atoms. The smallest absolute Gasteiger partial charge is 0.244 e. The summed E-state index contributed by atoms with van der Waals surface area (Å²) < 4.78 is 1.81. The number of benzene rings is 1. The van der Waals surface area contributed by atoms with Crippen molar-refractivity contribution in [1.29, 1.82) is 0 Å². The maximum Gasteiger partial charge on any atom is 0.244 e. The predicted molar refractivity (Wildman–Crippen MR) is 85.0 cm³/mol. The molecule has 21 heavy (non-hydrogen) atoms. The van der Waals surface area contributed by atoms with Crippen molar-refractivity contribution in [3.05, 3.63) is 57.9 Å². The average molecular weight is 304 g/mol. The Morgan fingerprint density at radius 2 is 2.00 bits per heavy atom. The minimum Gasteiger partial charge on any atom is -0.348 e. The molecule has 0 aliphatic rings. The van der Waals surface area contributed by atoms with Crippen molar-refractivity contribution in [2.45, 2.75) is 20.4 Å². The van der Waals surface area contributed by atoms with Crippen LogP contribution < -0.4 is 5.32 Å². The average Bonchev–Trinajstić information content (AvgIpc) is 2.69. The summed E-state index contributed by atoms with van der Waals surface area (Å²) >= 11 is 5.82. The number of carbonyl (C=O) groups excluding carboxylic acids is 1. The Labute approximate surface area is 129 Å². The molecule has 0 spiro atoms. The lowest BCUT2D eigenvalue weighted by Crippen LogP contribution is -2.20. The lowest BCUT2D eigenvalue weighted by atomic mass is 10.2. The number of hydrogen-bond acceptors (Lipinski definition) is 2. The molecular weight excluding hydrogens is 286 g/mol. The molecule has 0 atom stereocenters. The Morgan fingerprint density at radius 3 is 2.57 bits per heavy atom. The van der Waals surface area contributed by atoms with Crippen LogP contribution in [0.5, 0.6) is 0 Å². The number of aromatic nitrogens is 2. The molecule has 0 aliphatic carbocycles. The molecular formula is C16H18ClN3O. The zero-order valence-electron chi connectivity index (χ0n) is 12.4. The molecule has 1 heterocycles. The fourth-order valence-corrected chi connectivity index (χ4v) is 2.17. The summed E-state index contributed by atoms with van der Waals surface area (Å²) in [4.78, 5) is 11.8. The first-order chi connectivity index (χ1) is 9.97. The Balaban J connectivity index is 1.95. The number of aryl methyl sites for hydroxylation is 2. The van der Waals surface area contributed by atoms with Crippen LogP contribution >= 0.6 is 11.6 Å². The third-order valence-electron chi connectivity index (χ3n) is 3.35. The SMILES string of the molecule is Cc1nn(C)c(C)c1/C=C/C(=O)NCc1ccc(Cl)cc1. The van der Waals surface area contributed by atoms with Crippen molar-refractivity contribution in [3.63, 3.8) is 0 Å². The van der Waals surface area contributed by atoms with Gasteiger partial charge in [-0.05, 0) is 37.6 Å². The number of nitrogens with one attached hydrogen (secondary N) is 1. The maximum atomic E-state index is 11.8. The van der Waals surface area contributed by atoms with Crippen molar-refractivity contribution < 1.29 is 4.79 Å². The van der Waals surface area contributed by atoms with Crippen LogP contribution in [0, 0.1) is 13.8 Å². The molecule has 2 aromatic rings. The summed E-state index contributed by atoms with van der Waals surface area (Å²) in [6.45, 7) is 4.38. The van der Waals surface area contributed by atoms with E-state index in [1.54, 1.807) is 22.9 Å². The van der Waals surface area contributed by atoms with Crippen LogP contribution in [0.2, 0.25) is 5.02 Å². The second-order valence-corrected chi connectivity index (χ2v) is 5.32. The highest BCUT2D eigenvalue weighted by molar-refractivity contribution is 6.30. The standard InChI is InChI=1S/C16H18ClN3O/c1-11-15(12(2)20(3)19-11)8-9-16(21)18-10-13-4-6-14(17)7-5-13/h4-9H,10H2,1-3H3,(H,18,21)/b9-8+. The molecule has 0 fully saturated rings. The van der Waals surface area contributed by atoms with Crippen LogP contribution in [0.25, 0.3) is 6.08 Å². The minimum atomic E-state index is -0.132. The van der Waals surface area contributed by atoms with Gasteiger partial charge in [-0.3, -0.25) is 9.48 Å². The van der Waals surface area contributed by atoms with E-state index in [2.05, 4.69) is 10.4 Å². The van der Waals surface area contributed by atoms with Gasteiger partial charge in [0.15, 0.2) is 0 Å². The lowest BCUT2D eigenvalue weighted by Gasteiger charge is -2.02. The van der Waals surface area contributed by atoms with Gasteiger partial charge < -0.3 is 5.32 Å². The molecule has 110 valence electrons. The van der Waals surface area contributed by atoms with Crippen molar-refractivity contribution in [2.24, 2.45) is 7.05 Å². The van der Waals surface area contributed by atoms with E-state index >= 15 is 0 Å². The monoisotopic (exact) mass is 303 g/mol. The molecule has 1 N–H and O–H groups in total. The molecule has 0 aliphatic heterocycles. The zero-order chi connectivity index (χ0) is 15.4. The van der Waals surface area contributed by atoms with Crippen molar-refractivity contribution in [1.82, 2.24) is 15.1 Å².